The van der Waals surface area contributed by atoms with E-state index >= 15 is 0 Å². The molecule has 0 aliphatic rings. The molecule has 0 spiro atoms. The predicted molar refractivity (Wildman–Crippen MR) is 64.2 cm³/mol. The molecule has 0 saturated heterocycles. The molecule has 0 aliphatic carbocycles. The first-order valence-electron chi connectivity index (χ1n) is 4.28. The van der Waals surface area contributed by atoms with Crippen LogP contribution >= 0.6 is 34.8 Å². The van der Waals surface area contributed by atoms with Crippen molar-refractivity contribution in [1.29, 1.82) is 0 Å². The Morgan fingerprint density at radius 1 is 1.25 bits per heavy atom. The molecule has 1 heterocycles. The van der Waals surface area contributed by atoms with Gasteiger partial charge >= 0.3 is 0 Å². The Labute approximate surface area is 106 Å². The standard InChI is InChI=1S/C10H5Cl3N2O/c11-5-1-2-6(7(12)3-5)8-4-9(10(13)16)15-14-8/h1-4H,(H,14,15). The van der Waals surface area contributed by atoms with Gasteiger partial charge in [-0.25, -0.2) is 0 Å². The lowest BCUT2D eigenvalue weighted by atomic mass is 10.1. The van der Waals surface area contributed by atoms with E-state index in [4.69, 9.17) is 34.8 Å². The van der Waals surface area contributed by atoms with E-state index in [2.05, 4.69) is 10.2 Å². The summed E-state index contributed by atoms with van der Waals surface area (Å²) < 4.78 is 0. The average Bonchev–Trinajstić information content (AvgIpc) is 2.66. The van der Waals surface area contributed by atoms with Crippen molar-refractivity contribution in [3.8, 4) is 11.3 Å². The van der Waals surface area contributed by atoms with Gasteiger partial charge in [-0.05, 0) is 35.9 Å². The Morgan fingerprint density at radius 2 is 2.00 bits per heavy atom. The van der Waals surface area contributed by atoms with Crippen molar-refractivity contribution >= 4 is 40.0 Å². The number of halogens is 3. The second-order valence-corrected chi connectivity index (χ2v) is 4.25. The fourth-order valence-electron chi connectivity index (χ4n) is 1.26. The molecule has 0 atom stereocenters. The summed E-state index contributed by atoms with van der Waals surface area (Å²) in [5, 5.41) is 6.87. The number of nitrogens with one attached hydrogen (secondary N) is 1. The van der Waals surface area contributed by atoms with Gasteiger partial charge in [0.1, 0.15) is 5.69 Å². The van der Waals surface area contributed by atoms with Crippen molar-refractivity contribution < 1.29 is 4.79 Å². The molecule has 2 aromatic rings. The molecule has 6 heteroatoms. The lowest BCUT2D eigenvalue weighted by molar-refractivity contribution is 0.107. The predicted octanol–water partition coefficient (Wildman–Crippen LogP) is 3.76. The minimum absolute atomic E-state index is 0.225. The van der Waals surface area contributed by atoms with Gasteiger partial charge in [0, 0.05) is 10.6 Å². The quantitative estimate of drug-likeness (QED) is 0.848. The van der Waals surface area contributed by atoms with E-state index in [1.807, 2.05) is 0 Å². The molecule has 2 rings (SSSR count). The van der Waals surface area contributed by atoms with Crippen LogP contribution in [0.1, 0.15) is 10.5 Å². The second kappa shape index (κ2) is 4.45. The number of hydrogen-bond acceptors (Lipinski definition) is 2. The van der Waals surface area contributed by atoms with E-state index in [0.717, 1.165) is 0 Å². The third kappa shape index (κ3) is 2.21. The molecule has 0 unspecified atom stereocenters. The first-order valence-corrected chi connectivity index (χ1v) is 5.42. The van der Waals surface area contributed by atoms with Crippen LogP contribution in [0.4, 0.5) is 0 Å². The summed E-state index contributed by atoms with van der Waals surface area (Å²) in [6, 6.07) is 6.56. The molecule has 16 heavy (non-hydrogen) atoms. The molecular formula is C10H5Cl3N2O. The molecule has 1 aromatic heterocycles. The molecule has 0 saturated carbocycles. The van der Waals surface area contributed by atoms with Gasteiger partial charge in [0.25, 0.3) is 5.24 Å². The van der Waals surface area contributed by atoms with Crippen molar-refractivity contribution in [2.45, 2.75) is 0 Å². The zero-order valence-electron chi connectivity index (χ0n) is 7.80. The number of rotatable bonds is 2. The van der Waals surface area contributed by atoms with Gasteiger partial charge in [-0.1, -0.05) is 23.2 Å². The van der Waals surface area contributed by atoms with Crippen LogP contribution in [0.2, 0.25) is 10.0 Å². The zero-order valence-corrected chi connectivity index (χ0v) is 10.1. The van der Waals surface area contributed by atoms with Crippen LogP contribution in [0.15, 0.2) is 24.3 Å². The highest BCUT2D eigenvalue weighted by atomic mass is 35.5. The van der Waals surface area contributed by atoms with E-state index in [1.165, 1.54) is 6.07 Å². The highest BCUT2D eigenvalue weighted by molar-refractivity contribution is 6.67. The molecule has 0 bridgehead atoms. The number of carbonyl (C=O) groups is 1. The largest absolute Gasteiger partial charge is 0.274 e. The van der Waals surface area contributed by atoms with Gasteiger partial charge < -0.3 is 0 Å². The van der Waals surface area contributed by atoms with Gasteiger partial charge in [0.2, 0.25) is 0 Å². The van der Waals surface area contributed by atoms with Crippen molar-refractivity contribution in [1.82, 2.24) is 10.2 Å². The van der Waals surface area contributed by atoms with Gasteiger partial charge in [-0.15, -0.1) is 0 Å². The Kier molecular flexibility index (Phi) is 3.19. The highest BCUT2D eigenvalue weighted by Crippen LogP contribution is 2.29. The summed E-state index contributed by atoms with van der Waals surface area (Å²) in [7, 11) is 0. The zero-order chi connectivity index (χ0) is 11.7. The van der Waals surface area contributed by atoms with Crippen LogP contribution in [-0.2, 0) is 0 Å². The maximum Gasteiger partial charge on any atom is 0.270 e. The molecule has 0 aliphatic heterocycles. The smallest absolute Gasteiger partial charge is 0.270 e. The number of carbonyl (C=O) groups excluding carboxylic acids is 1. The van der Waals surface area contributed by atoms with Crippen molar-refractivity contribution in [3.63, 3.8) is 0 Å². The number of hydrogen-bond donors (Lipinski definition) is 1. The van der Waals surface area contributed by atoms with E-state index < -0.39 is 5.24 Å². The van der Waals surface area contributed by atoms with E-state index in [9.17, 15) is 4.79 Å². The maximum atomic E-state index is 10.9. The van der Waals surface area contributed by atoms with Crippen LogP contribution in [0.5, 0.6) is 0 Å². The van der Waals surface area contributed by atoms with Crippen LogP contribution in [0, 0.1) is 0 Å². The summed E-state index contributed by atoms with van der Waals surface area (Å²) in [4.78, 5) is 10.9. The Morgan fingerprint density at radius 3 is 2.56 bits per heavy atom. The summed E-state index contributed by atoms with van der Waals surface area (Å²) in [5.41, 5.74) is 1.46. The summed E-state index contributed by atoms with van der Waals surface area (Å²) in [6.45, 7) is 0. The lowest BCUT2D eigenvalue weighted by Crippen LogP contribution is -1.86. The highest BCUT2D eigenvalue weighted by Gasteiger charge is 2.11. The second-order valence-electron chi connectivity index (χ2n) is 3.06. The normalized spacial score (nSPS) is 10.4. The van der Waals surface area contributed by atoms with Gasteiger partial charge in [0.05, 0.1) is 10.7 Å². The number of aromatic amines is 1. The molecule has 0 amide bonds. The Balaban J connectivity index is 2.46. The van der Waals surface area contributed by atoms with Crippen molar-refractivity contribution in [2.75, 3.05) is 0 Å². The van der Waals surface area contributed by atoms with Gasteiger partial charge in [-0.2, -0.15) is 5.10 Å². The number of nitrogens with zero attached hydrogens (tertiary/aromatic N) is 1. The SMILES string of the molecule is O=C(Cl)c1cc(-c2ccc(Cl)cc2Cl)n[nH]1. The minimum Gasteiger partial charge on any atom is -0.274 e. The first-order chi connectivity index (χ1) is 7.58. The van der Waals surface area contributed by atoms with Gasteiger partial charge in [-0.3, -0.25) is 9.89 Å². The third-order valence-corrected chi connectivity index (χ3v) is 2.75. The Hall–Kier alpha value is -1.03. The molecule has 0 radical (unpaired) electrons. The lowest BCUT2D eigenvalue weighted by Gasteiger charge is -1.99. The van der Waals surface area contributed by atoms with Crippen molar-refractivity contribution in [3.05, 3.63) is 40.0 Å². The number of aromatic nitrogens is 2. The summed E-state index contributed by atoms with van der Waals surface area (Å²) in [6.07, 6.45) is 0. The number of H-pyrrole nitrogens is 1. The van der Waals surface area contributed by atoms with E-state index in [1.54, 1.807) is 18.2 Å². The molecule has 3 nitrogen and oxygen atoms in total. The summed E-state index contributed by atoms with van der Waals surface area (Å²) >= 11 is 17.1. The van der Waals surface area contributed by atoms with Crippen LogP contribution in [-0.4, -0.2) is 15.4 Å². The van der Waals surface area contributed by atoms with Crippen LogP contribution in [0.3, 0.4) is 0 Å². The van der Waals surface area contributed by atoms with E-state index in [0.29, 0.717) is 21.3 Å². The Bertz CT molecular complexity index is 551. The van der Waals surface area contributed by atoms with Crippen LogP contribution in [0.25, 0.3) is 11.3 Å². The van der Waals surface area contributed by atoms with Gasteiger partial charge in [0.15, 0.2) is 0 Å². The first kappa shape index (κ1) is 11.5. The third-order valence-electron chi connectivity index (χ3n) is 2.00. The molecule has 1 aromatic carbocycles. The summed E-state index contributed by atoms with van der Waals surface area (Å²) in [5.74, 6) is 0. The molecule has 0 fully saturated rings. The number of benzene rings is 1. The molecule has 82 valence electrons. The molecular weight excluding hydrogens is 270 g/mol. The van der Waals surface area contributed by atoms with E-state index in [-0.39, 0.29) is 5.69 Å². The maximum absolute atomic E-state index is 10.9. The topological polar surface area (TPSA) is 45.8 Å². The average molecular weight is 276 g/mol. The fraction of sp³-hybridized carbons (Fsp3) is 0. The minimum atomic E-state index is -0.594. The fourth-order valence-corrected chi connectivity index (χ4v) is 1.86. The monoisotopic (exact) mass is 274 g/mol. The van der Waals surface area contributed by atoms with Crippen molar-refractivity contribution in [2.24, 2.45) is 0 Å². The molecule has 1 N–H and O–H groups in total. The van der Waals surface area contributed by atoms with Crippen LogP contribution < -0.4 is 0 Å².